The van der Waals surface area contributed by atoms with Gasteiger partial charge < -0.3 is 11.1 Å². The molecule has 1 aliphatic rings. The summed E-state index contributed by atoms with van der Waals surface area (Å²) in [7, 11) is 0. The van der Waals surface area contributed by atoms with Crippen molar-refractivity contribution in [1.82, 2.24) is 0 Å². The summed E-state index contributed by atoms with van der Waals surface area (Å²) in [4.78, 5) is 12.0. The van der Waals surface area contributed by atoms with E-state index >= 15 is 0 Å². The Labute approximate surface area is 113 Å². The lowest BCUT2D eigenvalue weighted by atomic mass is 9.85. The Morgan fingerprint density at radius 1 is 1.47 bits per heavy atom. The van der Waals surface area contributed by atoms with Gasteiger partial charge in [0.1, 0.15) is 11.4 Å². The minimum absolute atomic E-state index is 0.0504. The maximum absolute atomic E-state index is 13.3. The summed E-state index contributed by atoms with van der Waals surface area (Å²) in [5.74, 6) is -0.576. The van der Waals surface area contributed by atoms with Gasteiger partial charge in [-0.15, -0.1) is 0 Å². The van der Waals surface area contributed by atoms with Gasteiger partial charge in [0, 0.05) is 5.69 Å². The third-order valence-electron chi connectivity index (χ3n) is 4.09. The zero-order valence-corrected chi connectivity index (χ0v) is 11.7. The number of halogens is 1. The second kappa shape index (κ2) is 4.51. The summed E-state index contributed by atoms with van der Waals surface area (Å²) < 4.78 is 13.3. The van der Waals surface area contributed by atoms with Crippen LogP contribution in [0.15, 0.2) is 24.3 Å². The van der Waals surface area contributed by atoms with E-state index in [0.29, 0.717) is 12.1 Å². The average Bonchev–Trinajstić information content (AvgIpc) is 2.49. The van der Waals surface area contributed by atoms with Crippen LogP contribution < -0.4 is 11.1 Å². The van der Waals surface area contributed by atoms with E-state index in [0.717, 1.165) is 6.42 Å². The topological polar surface area (TPSA) is 55.1 Å². The van der Waals surface area contributed by atoms with Gasteiger partial charge in [-0.05, 0) is 42.4 Å². The molecule has 0 spiro atoms. The third kappa shape index (κ3) is 2.57. The van der Waals surface area contributed by atoms with E-state index in [4.69, 9.17) is 5.73 Å². The van der Waals surface area contributed by atoms with Crippen LogP contribution in [-0.2, 0) is 4.79 Å². The van der Waals surface area contributed by atoms with Crippen molar-refractivity contribution in [2.24, 2.45) is 17.1 Å². The number of nitrogens with two attached hydrogens (primary N) is 1. The summed E-state index contributed by atoms with van der Waals surface area (Å²) >= 11 is 0. The Bertz CT molecular complexity index is 501. The van der Waals surface area contributed by atoms with Crippen LogP contribution in [-0.4, -0.2) is 11.4 Å². The minimum Gasteiger partial charge on any atom is -0.371 e. The number of primary amides is 1. The van der Waals surface area contributed by atoms with Crippen molar-refractivity contribution in [1.29, 1.82) is 0 Å². The molecule has 0 aliphatic heterocycles. The second-order valence-corrected chi connectivity index (χ2v) is 6.42. The Hall–Kier alpha value is -1.58. The van der Waals surface area contributed by atoms with E-state index in [2.05, 4.69) is 19.2 Å². The van der Waals surface area contributed by atoms with Crippen molar-refractivity contribution in [3.05, 3.63) is 30.1 Å². The summed E-state index contributed by atoms with van der Waals surface area (Å²) in [5, 5.41) is 3.19. The van der Waals surface area contributed by atoms with Gasteiger partial charge in [0.25, 0.3) is 0 Å². The predicted molar refractivity (Wildman–Crippen MR) is 74.1 cm³/mol. The molecule has 1 fully saturated rings. The highest BCUT2D eigenvalue weighted by molar-refractivity contribution is 5.89. The van der Waals surface area contributed by atoms with Crippen molar-refractivity contribution < 1.29 is 9.18 Å². The first-order valence-corrected chi connectivity index (χ1v) is 6.59. The number of benzene rings is 1. The maximum Gasteiger partial charge on any atom is 0.243 e. The highest BCUT2D eigenvalue weighted by atomic mass is 19.1. The van der Waals surface area contributed by atoms with Crippen molar-refractivity contribution in [2.75, 3.05) is 5.32 Å². The number of nitrogens with one attached hydrogen (secondary N) is 1. The molecule has 2 unspecified atom stereocenters. The largest absolute Gasteiger partial charge is 0.371 e. The standard InChI is InChI=1S/C15H21FN2O/c1-10-8-14(2,3)9-15(10,13(17)19)18-12-6-4-5-11(16)7-12/h4-7,10,18H,8-9H2,1-3H3,(H2,17,19). The van der Waals surface area contributed by atoms with Crippen molar-refractivity contribution in [3.8, 4) is 0 Å². The van der Waals surface area contributed by atoms with Crippen LogP contribution in [0.2, 0.25) is 0 Å². The van der Waals surface area contributed by atoms with E-state index in [9.17, 15) is 9.18 Å². The van der Waals surface area contributed by atoms with Crippen LogP contribution in [0.5, 0.6) is 0 Å². The fourth-order valence-corrected chi connectivity index (χ4v) is 3.39. The molecule has 1 saturated carbocycles. The summed E-state index contributed by atoms with van der Waals surface area (Å²) in [6.45, 7) is 6.27. The molecule has 0 heterocycles. The molecule has 0 aromatic heterocycles. The van der Waals surface area contributed by atoms with E-state index in [-0.39, 0.29) is 23.1 Å². The molecule has 104 valence electrons. The van der Waals surface area contributed by atoms with Crippen molar-refractivity contribution >= 4 is 11.6 Å². The van der Waals surface area contributed by atoms with Crippen LogP contribution in [0.25, 0.3) is 0 Å². The average molecular weight is 264 g/mol. The Balaban J connectivity index is 2.34. The van der Waals surface area contributed by atoms with Crippen LogP contribution in [0.1, 0.15) is 33.6 Å². The summed E-state index contributed by atoms with van der Waals surface area (Å²) in [6.07, 6.45) is 1.57. The monoisotopic (exact) mass is 264 g/mol. The molecule has 3 N–H and O–H groups in total. The lowest BCUT2D eigenvalue weighted by Gasteiger charge is -2.33. The fourth-order valence-electron chi connectivity index (χ4n) is 3.39. The first kappa shape index (κ1) is 13.8. The zero-order valence-electron chi connectivity index (χ0n) is 11.7. The van der Waals surface area contributed by atoms with Gasteiger partial charge in [0.2, 0.25) is 5.91 Å². The molecular weight excluding hydrogens is 243 g/mol. The quantitative estimate of drug-likeness (QED) is 0.882. The van der Waals surface area contributed by atoms with Gasteiger partial charge >= 0.3 is 0 Å². The molecule has 2 atom stereocenters. The number of carbonyl (C=O) groups is 1. The van der Waals surface area contributed by atoms with Gasteiger partial charge in [-0.3, -0.25) is 4.79 Å². The van der Waals surface area contributed by atoms with Crippen LogP contribution in [0.4, 0.5) is 10.1 Å². The van der Waals surface area contributed by atoms with Gasteiger partial charge in [0.15, 0.2) is 0 Å². The number of rotatable bonds is 3. The molecule has 0 bridgehead atoms. The van der Waals surface area contributed by atoms with E-state index in [1.54, 1.807) is 12.1 Å². The maximum atomic E-state index is 13.3. The summed E-state index contributed by atoms with van der Waals surface area (Å²) in [6, 6.07) is 6.15. The minimum atomic E-state index is -0.794. The molecule has 19 heavy (non-hydrogen) atoms. The van der Waals surface area contributed by atoms with E-state index in [1.165, 1.54) is 12.1 Å². The van der Waals surface area contributed by atoms with Crippen LogP contribution in [0.3, 0.4) is 0 Å². The van der Waals surface area contributed by atoms with E-state index < -0.39 is 5.54 Å². The lowest BCUT2D eigenvalue weighted by Crippen LogP contribution is -2.52. The third-order valence-corrected chi connectivity index (χ3v) is 4.09. The smallest absolute Gasteiger partial charge is 0.243 e. The molecular formula is C15H21FN2O. The molecule has 1 aromatic carbocycles. The molecule has 2 rings (SSSR count). The fraction of sp³-hybridized carbons (Fsp3) is 0.533. The van der Waals surface area contributed by atoms with Gasteiger partial charge in [-0.2, -0.15) is 0 Å². The molecule has 3 nitrogen and oxygen atoms in total. The number of hydrogen-bond acceptors (Lipinski definition) is 2. The Kier molecular flexibility index (Phi) is 3.29. The van der Waals surface area contributed by atoms with Crippen molar-refractivity contribution in [3.63, 3.8) is 0 Å². The van der Waals surface area contributed by atoms with Crippen molar-refractivity contribution in [2.45, 2.75) is 39.2 Å². The summed E-state index contributed by atoms with van der Waals surface area (Å²) in [5.41, 5.74) is 5.49. The van der Waals surface area contributed by atoms with E-state index in [1.807, 2.05) is 6.92 Å². The second-order valence-electron chi connectivity index (χ2n) is 6.42. The first-order chi connectivity index (χ1) is 8.75. The molecule has 1 aromatic rings. The molecule has 1 amide bonds. The zero-order chi connectivity index (χ0) is 14.3. The van der Waals surface area contributed by atoms with Gasteiger partial charge in [0.05, 0.1) is 0 Å². The number of carbonyl (C=O) groups excluding carboxylic acids is 1. The predicted octanol–water partition coefficient (Wildman–Crippen LogP) is 2.92. The normalized spacial score (nSPS) is 29.2. The molecule has 0 saturated heterocycles. The number of amides is 1. The molecule has 0 radical (unpaired) electrons. The number of anilines is 1. The molecule has 4 heteroatoms. The van der Waals surface area contributed by atoms with Crippen LogP contribution in [0, 0.1) is 17.2 Å². The Morgan fingerprint density at radius 2 is 2.16 bits per heavy atom. The number of hydrogen-bond donors (Lipinski definition) is 2. The highest BCUT2D eigenvalue weighted by Gasteiger charge is 2.52. The molecule has 1 aliphatic carbocycles. The van der Waals surface area contributed by atoms with Gasteiger partial charge in [-0.1, -0.05) is 26.8 Å². The van der Waals surface area contributed by atoms with Crippen LogP contribution >= 0.6 is 0 Å². The van der Waals surface area contributed by atoms with Gasteiger partial charge in [-0.25, -0.2) is 4.39 Å². The first-order valence-electron chi connectivity index (χ1n) is 6.59. The lowest BCUT2D eigenvalue weighted by molar-refractivity contribution is -0.123. The highest BCUT2D eigenvalue weighted by Crippen LogP contribution is 2.48. The SMILES string of the molecule is CC1CC(C)(C)CC1(Nc1cccc(F)c1)C(N)=O. The Morgan fingerprint density at radius 3 is 2.63 bits per heavy atom.